The van der Waals surface area contributed by atoms with Gasteiger partial charge in [-0.25, -0.2) is 9.78 Å². The summed E-state index contributed by atoms with van der Waals surface area (Å²) in [5.41, 5.74) is 5.12. The molecule has 0 unspecified atom stereocenters. The van der Waals surface area contributed by atoms with E-state index in [9.17, 15) is 9.59 Å². The monoisotopic (exact) mass is 480 g/mol. The molecule has 182 valence electrons. The zero-order valence-corrected chi connectivity index (χ0v) is 20.8. The first kappa shape index (κ1) is 24.7. The SMILES string of the molecule is COC(=O)/C=C/c1ccc2c(N(Cc3ccc(-c4ccc(OC)c(C)c4)cc3)C(C)=O)nccc2c1. The summed E-state index contributed by atoms with van der Waals surface area (Å²) in [4.78, 5) is 30.3. The minimum absolute atomic E-state index is 0.0977. The van der Waals surface area contributed by atoms with Crippen LogP contribution < -0.4 is 9.64 Å². The van der Waals surface area contributed by atoms with Crippen LogP contribution >= 0.6 is 0 Å². The average Bonchev–Trinajstić information content (AvgIpc) is 2.90. The molecular weight excluding hydrogens is 452 g/mol. The maximum absolute atomic E-state index is 12.7. The van der Waals surface area contributed by atoms with E-state index in [0.717, 1.165) is 44.3 Å². The van der Waals surface area contributed by atoms with Gasteiger partial charge in [0, 0.05) is 24.6 Å². The summed E-state index contributed by atoms with van der Waals surface area (Å²) in [6, 6.07) is 21.9. The number of pyridine rings is 1. The molecular formula is C30H28N2O4. The van der Waals surface area contributed by atoms with Crippen molar-refractivity contribution in [2.75, 3.05) is 19.1 Å². The Labute approximate surface area is 210 Å². The van der Waals surface area contributed by atoms with E-state index in [-0.39, 0.29) is 5.91 Å². The Bertz CT molecular complexity index is 1440. The number of ether oxygens (including phenoxy) is 2. The second kappa shape index (κ2) is 10.9. The van der Waals surface area contributed by atoms with Crippen LogP contribution in [0.2, 0.25) is 0 Å². The van der Waals surface area contributed by atoms with Crippen LogP contribution in [0.25, 0.3) is 28.0 Å². The molecule has 0 spiro atoms. The van der Waals surface area contributed by atoms with Crippen LogP contribution in [0.15, 0.2) is 79.0 Å². The Kier molecular flexibility index (Phi) is 7.44. The highest BCUT2D eigenvalue weighted by Crippen LogP contribution is 2.29. The lowest BCUT2D eigenvalue weighted by Gasteiger charge is -2.22. The molecule has 0 saturated heterocycles. The third-order valence-corrected chi connectivity index (χ3v) is 6.04. The van der Waals surface area contributed by atoms with E-state index in [1.165, 1.54) is 13.2 Å². The normalized spacial score (nSPS) is 11.0. The fourth-order valence-electron chi connectivity index (χ4n) is 4.11. The van der Waals surface area contributed by atoms with Gasteiger partial charge in [-0.1, -0.05) is 42.5 Å². The van der Waals surface area contributed by atoms with E-state index in [2.05, 4.69) is 27.9 Å². The smallest absolute Gasteiger partial charge is 0.330 e. The second-order valence-corrected chi connectivity index (χ2v) is 8.46. The second-order valence-electron chi connectivity index (χ2n) is 8.46. The van der Waals surface area contributed by atoms with Gasteiger partial charge in [-0.05, 0) is 70.5 Å². The van der Waals surface area contributed by atoms with Crippen molar-refractivity contribution < 1.29 is 19.1 Å². The molecule has 4 rings (SSSR count). The lowest BCUT2D eigenvalue weighted by molar-refractivity contribution is -0.134. The van der Waals surface area contributed by atoms with Crippen molar-refractivity contribution in [3.63, 3.8) is 0 Å². The van der Waals surface area contributed by atoms with Crippen molar-refractivity contribution in [3.05, 3.63) is 95.7 Å². The summed E-state index contributed by atoms with van der Waals surface area (Å²) in [6.07, 6.45) is 4.76. The summed E-state index contributed by atoms with van der Waals surface area (Å²) in [7, 11) is 3.01. The van der Waals surface area contributed by atoms with E-state index in [0.29, 0.717) is 12.4 Å². The van der Waals surface area contributed by atoms with Gasteiger partial charge in [-0.15, -0.1) is 0 Å². The lowest BCUT2D eigenvalue weighted by atomic mass is 10.0. The Hall–Kier alpha value is -4.45. The number of nitrogens with zero attached hydrogens (tertiary/aromatic N) is 2. The van der Waals surface area contributed by atoms with Crippen LogP contribution in [0, 0.1) is 6.92 Å². The molecule has 0 aliphatic rings. The van der Waals surface area contributed by atoms with Crippen molar-refractivity contribution >= 4 is 34.5 Å². The first-order valence-corrected chi connectivity index (χ1v) is 11.6. The molecule has 6 nitrogen and oxygen atoms in total. The van der Waals surface area contributed by atoms with Crippen LogP contribution in [0.3, 0.4) is 0 Å². The Morgan fingerprint density at radius 1 is 0.944 bits per heavy atom. The summed E-state index contributed by atoms with van der Waals surface area (Å²) in [5.74, 6) is 0.945. The fraction of sp³-hybridized carbons (Fsp3) is 0.167. The highest BCUT2D eigenvalue weighted by atomic mass is 16.5. The summed E-state index contributed by atoms with van der Waals surface area (Å²) in [5, 5.41) is 1.77. The van der Waals surface area contributed by atoms with E-state index < -0.39 is 5.97 Å². The molecule has 0 bridgehead atoms. The number of amides is 1. The number of carbonyl (C=O) groups is 2. The van der Waals surface area contributed by atoms with E-state index in [4.69, 9.17) is 4.74 Å². The van der Waals surface area contributed by atoms with Crippen LogP contribution in [0.1, 0.15) is 23.6 Å². The molecule has 0 aliphatic heterocycles. The van der Waals surface area contributed by atoms with Gasteiger partial charge in [0.05, 0.1) is 20.8 Å². The minimum atomic E-state index is -0.415. The molecule has 1 amide bonds. The number of aryl methyl sites for hydroxylation is 1. The number of hydrogen-bond donors (Lipinski definition) is 0. The van der Waals surface area contributed by atoms with Crippen LogP contribution in [0.4, 0.5) is 5.82 Å². The molecule has 1 aromatic heterocycles. The van der Waals surface area contributed by atoms with Gasteiger partial charge in [0.2, 0.25) is 5.91 Å². The predicted octanol–water partition coefficient (Wildman–Crippen LogP) is 5.96. The number of hydrogen-bond acceptors (Lipinski definition) is 5. The third-order valence-electron chi connectivity index (χ3n) is 6.04. The molecule has 6 heteroatoms. The summed E-state index contributed by atoms with van der Waals surface area (Å²) in [6.45, 7) is 3.97. The van der Waals surface area contributed by atoms with Gasteiger partial charge < -0.3 is 9.47 Å². The Morgan fingerprint density at radius 2 is 1.69 bits per heavy atom. The van der Waals surface area contributed by atoms with Crippen LogP contribution in [-0.2, 0) is 20.9 Å². The first-order chi connectivity index (χ1) is 17.4. The minimum Gasteiger partial charge on any atom is -0.496 e. The Morgan fingerprint density at radius 3 is 2.36 bits per heavy atom. The van der Waals surface area contributed by atoms with Crippen LogP contribution in [-0.4, -0.2) is 31.1 Å². The number of benzene rings is 3. The molecule has 1 heterocycles. The van der Waals surface area contributed by atoms with Crippen LogP contribution in [0.5, 0.6) is 5.75 Å². The van der Waals surface area contributed by atoms with E-state index in [1.54, 1.807) is 31.2 Å². The van der Waals surface area contributed by atoms with Gasteiger partial charge in [-0.3, -0.25) is 9.69 Å². The highest BCUT2D eigenvalue weighted by molar-refractivity contribution is 6.01. The quantitative estimate of drug-likeness (QED) is 0.241. The van der Waals surface area contributed by atoms with Gasteiger partial charge in [0.15, 0.2) is 0 Å². The average molecular weight is 481 g/mol. The molecule has 0 radical (unpaired) electrons. The number of methoxy groups -OCH3 is 2. The zero-order chi connectivity index (χ0) is 25.7. The fourth-order valence-corrected chi connectivity index (χ4v) is 4.11. The molecule has 4 aromatic rings. The molecule has 0 atom stereocenters. The number of carbonyl (C=O) groups excluding carboxylic acids is 2. The predicted molar refractivity (Wildman–Crippen MR) is 143 cm³/mol. The molecule has 0 saturated carbocycles. The lowest BCUT2D eigenvalue weighted by Crippen LogP contribution is -2.28. The standard InChI is InChI=1S/C30H28N2O4/c1-20-17-25(11-13-28(20)35-3)24-9-5-23(6-10-24)19-32(21(2)33)30-27-12-7-22(8-14-29(34)36-4)18-26(27)15-16-31-30/h5-18H,19H2,1-4H3/b14-8+. The van der Waals surface area contributed by atoms with Gasteiger partial charge >= 0.3 is 5.97 Å². The summed E-state index contributed by atoms with van der Waals surface area (Å²) >= 11 is 0. The molecule has 3 aromatic carbocycles. The number of anilines is 1. The zero-order valence-electron chi connectivity index (χ0n) is 20.8. The number of rotatable bonds is 7. The van der Waals surface area contributed by atoms with Crippen molar-refractivity contribution in [3.8, 4) is 16.9 Å². The maximum Gasteiger partial charge on any atom is 0.330 e. The van der Waals surface area contributed by atoms with Crippen molar-refractivity contribution in [2.45, 2.75) is 20.4 Å². The van der Waals surface area contributed by atoms with Gasteiger partial charge in [0.25, 0.3) is 0 Å². The molecule has 36 heavy (non-hydrogen) atoms. The largest absolute Gasteiger partial charge is 0.496 e. The number of fused-ring (bicyclic) bond motifs is 1. The number of esters is 1. The van der Waals surface area contributed by atoms with Crippen molar-refractivity contribution in [2.24, 2.45) is 0 Å². The Balaban J connectivity index is 1.60. The van der Waals surface area contributed by atoms with E-state index >= 15 is 0 Å². The topological polar surface area (TPSA) is 68.7 Å². The van der Waals surface area contributed by atoms with Crippen molar-refractivity contribution in [1.29, 1.82) is 0 Å². The molecule has 0 fully saturated rings. The maximum atomic E-state index is 12.7. The van der Waals surface area contributed by atoms with E-state index in [1.807, 2.05) is 55.5 Å². The third kappa shape index (κ3) is 5.44. The molecule has 0 aliphatic carbocycles. The molecule has 0 N–H and O–H groups in total. The van der Waals surface area contributed by atoms with Crippen molar-refractivity contribution in [1.82, 2.24) is 4.98 Å². The summed E-state index contributed by atoms with van der Waals surface area (Å²) < 4.78 is 10.0. The van der Waals surface area contributed by atoms with Gasteiger partial charge in [0.1, 0.15) is 11.6 Å². The highest BCUT2D eigenvalue weighted by Gasteiger charge is 2.17. The first-order valence-electron chi connectivity index (χ1n) is 11.6. The number of aromatic nitrogens is 1. The van der Waals surface area contributed by atoms with Gasteiger partial charge in [-0.2, -0.15) is 0 Å².